The minimum Gasteiger partial charge on any atom is -0.467 e. The number of hydrogen-bond acceptors (Lipinski definition) is 4. The molecule has 25 heavy (non-hydrogen) atoms. The molecule has 0 aliphatic rings. The lowest BCUT2D eigenvalue weighted by Gasteiger charge is -2.17. The highest BCUT2D eigenvalue weighted by Gasteiger charge is 2.24. The normalized spacial score (nSPS) is 11.7. The van der Waals surface area contributed by atoms with Crippen molar-refractivity contribution in [2.24, 2.45) is 0 Å². The third kappa shape index (κ3) is 5.25. The van der Waals surface area contributed by atoms with Crippen LogP contribution in [0.15, 0.2) is 53.0 Å². The third-order valence-corrected chi connectivity index (χ3v) is 3.79. The number of carbonyl (C=O) groups is 2. The number of nitrogens with one attached hydrogen (secondary N) is 1. The number of halogens is 3. The smallest absolute Gasteiger partial charge is 0.387 e. The zero-order valence-electron chi connectivity index (χ0n) is 13.0. The summed E-state index contributed by atoms with van der Waals surface area (Å²) in [6.07, 6.45) is 0. The van der Waals surface area contributed by atoms with E-state index in [0.29, 0.717) is 5.56 Å². The summed E-state index contributed by atoms with van der Waals surface area (Å²) in [5.41, 5.74) is 0.730. The van der Waals surface area contributed by atoms with Crippen LogP contribution in [0.2, 0.25) is 0 Å². The number of alkyl halides is 2. The van der Waals surface area contributed by atoms with Gasteiger partial charge in [0.2, 0.25) is 0 Å². The highest BCUT2D eigenvalue weighted by atomic mass is 79.9. The standard InChI is InChI=1S/C17H14BrF2NO4/c1-24-16(23)14(10-2-6-12(18)7-3-10)21-15(22)11-4-8-13(9-5-11)25-17(19)20/h2-9,14,17H,1H3,(H,21,22). The molecule has 0 aromatic heterocycles. The first-order chi connectivity index (χ1) is 11.9. The molecule has 5 nitrogen and oxygen atoms in total. The van der Waals surface area contributed by atoms with Crippen LogP contribution in [0.4, 0.5) is 8.78 Å². The van der Waals surface area contributed by atoms with Crippen molar-refractivity contribution in [3.63, 3.8) is 0 Å². The number of methoxy groups -OCH3 is 1. The van der Waals surface area contributed by atoms with E-state index in [4.69, 9.17) is 4.74 Å². The Morgan fingerprint density at radius 3 is 2.16 bits per heavy atom. The minimum atomic E-state index is -2.94. The number of carbonyl (C=O) groups excluding carboxylic acids is 2. The summed E-state index contributed by atoms with van der Waals surface area (Å²) in [6.45, 7) is -2.94. The van der Waals surface area contributed by atoms with Gasteiger partial charge in [-0.3, -0.25) is 4.79 Å². The van der Waals surface area contributed by atoms with Crippen LogP contribution >= 0.6 is 15.9 Å². The molecule has 0 bridgehead atoms. The molecular weight excluding hydrogens is 400 g/mol. The van der Waals surface area contributed by atoms with E-state index in [1.54, 1.807) is 24.3 Å². The molecule has 1 atom stereocenters. The van der Waals surface area contributed by atoms with E-state index in [0.717, 1.165) is 4.47 Å². The van der Waals surface area contributed by atoms with Crippen LogP contribution in [0.5, 0.6) is 5.75 Å². The zero-order valence-corrected chi connectivity index (χ0v) is 14.6. The number of benzene rings is 2. The van der Waals surface area contributed by atoms with E-state index in [2.05, 4.69) is 26.0 Å². The van der Waals surface area contributed by atoms with Crippen molar-refractivity contribution in [2.45, 2.75) is 12.7 Å². The first-order valence-corrected chi connectivity index (χ1v) is 7.89. The first-order valence-electron chi connectivity index (χ1n) is 7.09. The summed E-state index contributed by atoms with van der Waals surface area (Å²) in [5, 5.41) is 2.56. The van der Waals surface area contributed by atoms with E-state index in [-0.39, 0.29) is 11.3 Å². The Morgan fingerprint density at radius 2 is 1.64 bits per heavy atom. The number of amides is 1. The van der Waals surface area contributed by atoms with Crippen molar-refractivity contribution in [3.8, 4) is 5.75 Å². The van der Waals surface area contributed by atoms with Gasteiger partial charge >= 0.3 is 12.6 Å². The Morgan fingerprint density at radius 1 is 1.04 bits per heavy atom. The molecule has 1 amide bonds. The Bertz CT molecular complexity index is 735. The zero-order chi connectivity index (χ0) is 18.4. The fourth-order valence-corrected chi connectivity index (χ4v) is 2.32. The van der Waals surface area contributed by atoms with Crippen molar-refractivity contribution in [1.82, 2.24) is 5.32 Å². The Balaban J connectivity index is 2.16. The molecule has 2 aromatic rings. The molecule has 0 heterocycles. The topological polar surface area (TPSA) is 64.6 Å². The molecule has 1 N–H and O–H groups in total. The van der Waals surface area contributed by atoms with Gasteiger partial charge in [-0.15, -0.1) is 0 Å². The van der Waals surface area contributed by atoms with E-state index < -0.39 is 24.5 Å². The lowest BCUT2D eigenvalue weighted by Crippen LogP contribution is -2.34. The predicted octanol–water partition coefficient (Wildman–Crippen LogP) is 3.69. The molecule has 0 radical (unpaired) electrons. The molecule has 0 saturated heterocycles. The molecule has 2 rings (SSSR count). The molecule has 8 heteroatoms. The van der Waals surface area contributed by atoms with Gasteiger partial charge in [0.05, 0.1) is 7.11 Å². The average Bonchev–Trinajstić information content (AvgIpc) is 2.60. The van der Waals surface area contributed by atoms with E-state index in [1.807, 2.05) is 0 Å². The van der Waals surface area contributed by atoms with Gasteiger partial charge < -0.3 is 14.8 Å². The maximum absolute atomic E-state index is 12.3. The summed E-state index contributed by atoms with van der Waals surface area (Å²) in [5.74, 6) is -1.25. The van der Waals surface area contributed by atoms with E-state index >= 15 is 0 Å². The Kier molecular flexibility index (Phi) is 6.46. The highest BCUT2D eigenvalue weighted by Crippen LogP contribution is 2.20. The highest BCUT2D eigenvalue weighted by molar-refractivity contribution is 9.10. The predicted molar refractivity (Wildman–Crippen MR) is 89.4 cm³/mol. The van der Waals surface area contributed by atoms with Crippen LogP contribution in [-0.2, 0) is 9.53 Å². The maximum Gasteiger partial charge on any atom is 0.387 e. The number of rotatable bonds is 6. The largest absolute Gasteiger partial charge is 0.467 e. The molecule has 0 fully saturated rings. The van der Waals surface area contributed by atoms with Crippen LogP contribution in [-0.4, -0.2) is 25.6 Å². The summed E-state index contributed by atoms with van der Waals surface area (Å²) in [7, 11) is 1.22. The molecule has 0 aliphatic carbocycles. The molecule has 0 spiro atoms. The van der Waals surface area contributed by atoms with Crippen molar-refractivity contribution in [3.05, 3.63) is 64.1 Å². The second kappa shape index (κ2) is 8.57. The second-order valence-corrected chi connectivity index (χ2v) is 5.80. The number of esters is 1. The number of ether oxygens (including phenoxy) is 2. The molecule has 0 aliphatic heterocycles. The summed E-state index contributed by atoms with van der Waals surface area (Å²) in [4.78, 5) is 24.3. The van der Waals surface area contributed by atoms with Gasteiger partial charge in [-0.25, -0.2) is 4.79 Å². The van der Waals surface area contributed by atoms with Crippen molar-refractivity contribution < 1.29 is 27.8 Å². The van der Waals surface area contributed by atoms with Crippen LogP contribution in [0, 0.1) is 0 Å². The lowest BCUT2D eigenvalue weighted by atomic mass is 10.1. The van der Waals surface area contributed by atoms with Gasteiger partial charge in [-0.05, 0) is 42.0 Å². The van der Waals surface area contributed by atoms with Gasteiger partial charge in [0.15, 0.2) is 6.04 Å². The van der Waals surface area contributed by atoms with Crippen LogP contribution in [0.25, 0.3) is 0 Å². The Hall–Kier alpha value is -2.48. The molecule has 0 saturated carbocycles. The quantitative estimate of drug-likeness (QED) is 0.733. The number of hydrogen-bond donors (Lipinski definition) is 1. The van der Waals surface area contributed by atoms with Crippen molar-refractivity contribution >= 4 is 27.8 Å². The molecule has 132 valence electrons. The summed E-state index contributed by atoms with van der Waals surface area (Å²) < 4.78 is 34.0. The summed E-state index contributed by atoms with van der Waals surface area (Å²) >= 11 is 3.29. The van der Waals surface area contributed by atoms with Crippen molar-refractivity contribution in [2.75, 3.05) is 7.11 Å². The maximum atomic E-state index is 12.3. The monoisotopic (exact) mass is 413 g/mol. The van der Waals surface area contributed by atoms with Crippen LogP contribution in [0.1, 0.15) is 22.0 Å². The van der Waals surface area contributed by atoms with Crippen LogP contribution in [0.3, 0.4) is 0 Å². The SMILES string of the molecule is COC(=O)C(NC(=O)c1ccc(OC(F)F)cc1)c1ccc(Br)cc1. The van der Waals surface area contributed by atoms with Gasteiger partial charge in [-0.2, -0.15) is 8.78 Å². The molecular formula is C17H14BrF2NO4. The van der Waals surface area contributed by atoms with Crippen LogP contribution < -0.4 is 10.1 Å². The Labute approximate surface area is 151 Å². The van der Waals surface area contributed by atoms with Crippen molar-refractivity contribution in [1.29, 1.82) is 0 Å². The lowest BCUT2D eigenvalue weighted by molar-refractivity contribution is -0.143. The first kappa shape index (κ1) is 18.9. The van der Waals surface area contributed by atoms with E-state index in [1.165, 1.54) is 31.4 Å². The van der Waals surface area contributed by atoms with Gasteiger partial charge in [0.1, 0.15) is 5.75 Å². The van der Waals surface area contributed by atoms with Gasteiger partial charge in [-0.1, -0.05) is 28.1 Å². The fourth-order valence-electron chi connectivity index (χ4n) is 2.05. The minimum absolute atomic E-state index is 0.0658. The third-order valence-electron chi connectivity index (χ3n) is 3.26. The second-order valence-electron chi connectivity index (χ2n) is 4.88. The average molecular weight is 414 g/mol. The molecule has 2 aromatic carbocycles. The van der Waals surface area contributed by atoms with E-state index in [9.17, 15) is 18.4 Å². The molecule has 1 unspecified atom stereocenters. The van der Waals surface area contributed by atoms with Gasteiger partial charge in [0, 0.05) is 10.0 Å². The van der Waals surface area contributed by atoms with Gasteiger partial charge in [0.25, 0.3) is 5.91 Å². The summed E-state index contributed by atoms with van der Waals surface area (Å²) in [6, 6.07) is 10.9. The fraction of sp³-hybridized carbons (Fsp3) is 0.176.